The lowest BCUT2D eigenvalue weighted by atomic mass is 9.99. The number of likely N-dealkylation sites (N-methyl/N-ethyl adjacent to an activating group) is 1. The SMILES string of the molecule is CN1CCN(C2=CN3C(=CN([O-])C4=C3NCC=C4c3ccccc3)N2)CC1. The molecule has 0 amide bonds. The summed E-state index contributed by atoms with van der Waals surface area (Å²) >= 11 is 0. The molecular formula is C20H23N6O-. The molecule has 5 rings (SSSR count). The number of hydroxylamine groups is 2. The van der Waals surface area contributed by atoms with Crippen LogP contribution in [0.3, 0.4) is 0 Å². The monoisotopic (exact) mass is 363 g/mol. The molecule has 0 saturated carbocycles. The predicted octanol–water partition coefficient (Wildman–Crippen LogP) is 1.41. The maximum absolute atomic E-state index is 12.9. The normalized spacial score (nSPS) is 22.4. The van der Waals surface area contributed by atoms with Crippen molar-refractivity contribution in [1.82, 2.24) is 30.4 Å². The van der Waals surface area contributed by atoms with Crippen molar-refractivity contribution in [2.24, 2.45) is 0 Å². The Morgan fingerprint density at radius 1 is 0.963 bits per heavy atom. The number of hydrogen-bond donors (Lipinski definition) is 2. The van der Waals surface area contributed by atoms with Crippen molar-refractivity contribution in [2.75, 3.05) is 39.8 Å². The smallest absolute Gasteiger partial charge is 0.136 e. The zero-order valence-corrected chi connectivity index (χ0v) is 15.4. The number of allylic oxidation sites excluding steroid dienone is 1. The lowest BCUT2D eigenvalue weighted by molar-refractivity contribution is 0.181. The van der Waals surface area contributed by atoms with Crippen LogP contribution in [0.15, 0.2) is 72.0 Å². The summed E-state index contributed by atoms with van der Waals surface area (Å²) in [6.45, 7) is 4.73. The quantitative estimate of drug-likeness (QED) is 0.824. The van der Waals surface area contributed by atoms with E-state index in [0.29, 0.717) is 12.2 Å². The fourth-order valence-corrected chi connectivity index (χ4v) is 3.93. The molecule has 1 saturated heterocycles. The molecule has 7 nitrogen and oxygen atoms in total. The topological polar surface area (TPSA) is 60.1 Å². The highest BCUT2D eigenvalue weighted by molar-refractivity contribution is 5.81. The van der Waals surface area contributed by atoms with Crippen molar-refractivity contribution >= 4 is 5.57 Å². The minimum atomic E-state index is 0.661. The second kappa shape index (κ2) is 6.37. The van der Waals surface area contributed by atoms with E-state index in [0.717, 1.165) is 59.8 Å². The molecule has 4 heterocycles. The highest BCUT2D eigenvalue weighted by atomic mass is 16.5. The van der Waals surface area contributed by atoms with Crippen molar-refractivity contribution in [2.45, 2.75) is 0 Å². The van der Waals surface area contributed by atoms with E-state index >= 15 is 0 Å². The highest BCUT2D eigenvalue weighted by Crippen LogP contribution is 2.37. The van der Waals surface area contributed by atoms with Gasteiger partial charge in [-0.05, 0) is 12.6 Å². The Balaban J connectivity index is 1.48. The van der Waals surface area contributed by atoms with Gasteiger partial charge in [-0.2, -0.15) is 0 Å². The molecule has 1 aromatic carbocycles. The minimum Gasteiger partial charge on any atom is -0.754 e. The van der Waals surface area contributed by atoms with Gasteiger partial charge < -0.3 is 30.7 Å². The summed E-state index contributed by atoms with van der Waals surface area (Å²) < 4.78 is 0. The average molecular weight is 363 g/mol. The van der Waals surface area contributed by atoms with Crippen LogP contribution >= 0.6 is 0 Å². The summed E-state index contributed by atoms with van der Waals surface area (Å²) in [5, 5.41) is 20.6. The van der Waals surface area contributed by atoms with Gasteiger partial charge in [0.1, 0.15) is 17.5 Å². The molecule has 4 aliphatic heterocycles. The number of rotatable bonds is 2. The fraction of sp³-hybridized carbons (Fsp3) is 0.300. The third-order valence-corrected chi connectivity index (χ3v) is 5.45. The zero-order chi connectivity index (χ0) is 18.4. The van der Waals surface area contributed by atoms with Crippen LogP contribution in [0.25, 0.3) is 5.57 Å². The van der Waals surface area contributed by atoms with Gasteiger partial charge >= 0.3 is 0 Å². The molecule has 140 valence electrons. The van der Waals surface area contributed by atoms with Crippen LogP contribution in [0.5, 0.6) is 0 Å². The molecule has 0 atom stereocenters. The molecule has 7 heteroatoms. The lowest BCUT2D eigenvalue weighted by Gasteiger charge is -2.42. The standard InChI is InChI=1S/C20H23N6O/c1-23-9-11-24(12-10-23)17-13-25-18(22-17)14-26(27)19-16(7-8-21-20(19)25)15-5-3-2-4-6-15/h2-7,13-14,21-22H,8-12H2,1H3/q-1. The zero-order valence-electron chi connectivity index (χ0n) is 15.4. The van der Waals surface area contributed by atoms with Gasteiger partial charge in [-0.25, -0.2) is 0 Å². The molecule has 1 fully saturated rings. The summed E-state index contributed by atoms with van der Waals surface area (Å²) in [6.07, 6.45) is 5.80. The van der Waals surface area contributed by atoms with E-state index in [1.807, 2.05) is 30.3 Å². The van der Waals surface area contributed by atoms with Gasteiger partial charge in [-0.3, -0.25) is 4.90 Å². The fourth-order valence-electron chi connectivity index (χ4n) is 3.93. The Kier molecular flexibility index (Phi) is 3.84. The van der Waals surface area contributed by atoms with Crippen LogP contribution in [0.4, 0.5) is 0 Å². The molecule has 2 N–H and O–H groups in total. The Labute approximate surface area is 159 Å². The van der Waals surface area contributed by atoms with Gasteiger partial charge in [-0.1, -0.05) is 36.4 Å². The maximum Gasteiger partial charge on any atom is 0.136 e. The molecule has 0 aliphatic carbocycles. The van der Waals surface area contributed by atoms with Crippen LogP contribution in [0.1, 0.15) is 5.56 Å². The van der Waals surface area contributed by atoms with Crippen LogP contribution < -0.4 is 10.6 Å². The Morgan fingerprint density at radius 3 is 2.52 bits per heavy atom. The summed E-state index contributed by atoms with van der Waals surface area (Å²) in [7, 11) is 2.15. The van der Waals surface area contributed by atoms with Gasteiger partial charge in [0.25, 0.3) is 0 Å². The first-order valence-corrected chi connectivity index (χ1v) is 9.34. The van der Waals surface area contributed by atoms with Crippen molar-refractivity contribution in [3.8, 4) is 0 Å². The average Bonchev–Trinajstić information content (AvgIpc) is 3.13. The number of dihydropyridines is 1. The number of nitrogens with one attached hydrogen (secondary N) is 2. The first kappa shape index (κ1) is 16.3. The lowest BCUT2D eigenvalue weighted by Crippen LogP contribution is -2.45. The molecular weight excluding hydrogens is 340 g/mol. The summed E-state index contributed by atoms with van der Waals surface area (Å²) in [6, 6.07) is 10.1. The van der Waals surface area contributed by atoms with Crippen molar-refractivity contribution < 1.29 is 0 Å². The molecule has 1 aromatic rings. The molecule has 27 heavy (non-hydrogen) atoms. The van der Waals surface area contributed by atoms with Crippen LogP contribution in [0, 0.1) is 5.21 Å². The number of piperazine rings is 1. The first-order chi connectivity index (χ1) is 13.2. The summed E-state index contributed by atoms with van der Waals surface area (Å²) in [4.78, 5) is 6.73. The van der Waals surface area contributed by atoms with E-state index < -0.39 is 0 Å². The van der Waals surface area contributed by atoms with Crippen molar-refractivity contribution in [3.63, 3.8) is 0 Å². The van der Waals surface area contributed by atoms with Crippen molar-refractivity contribution in [3.05, 3.63) is 82.7 Å². The molecule has 0 aromatic heterocycles. The van der Waals surface area contributed by atoms with Crippen LogP contribution in [0.2, 0.25) is 0 Å². The summed E-state index contributed by atoms with van der Waals surface area (Å²) in [5.41, 5.74) is 2.68. The molecule has 0 bridgehead atoms. The van der Waals surface area contributed by atoms with Crippen LogP contribution in [-0.4, -0.2) is 59.5 Å². The second-order valence-electron chi connectivity index (χ2n) is 7.20. The Hall–Kier alpha value is -2.90. The van der Waals surface area contributed by atoms with Gasteiger partial charge in [0, 0.05) is 44.5 Å². The largest absolute Gasteiger partial charge is 0.754 e. The van der Waals surface area contributed by atoms with E-state index in [1.165, 1.54) is 0 Å². The highest BCUT2D eigenvalue weighted by Gasteiger charge is 2.33. The summed E-state index contributed by atoms with van der Waals surface area (Å²) in [5.74, 6) is 2.68. The van der Waals surface area contributed by atoms with E-state index in [1.54, 1.807) is 6.20 Å². The van der Waals surface area contributed by atoms with E-state index in [4.69, 9.17) is 0 Å². The first-order valence-electron chi connectivity index (χ1n) is 9.34. The van der Waals surface area contributed by atoms with Gasteiger partial charge in [-0.15, -0.1) is 0 Å². The Bertz CT molecular complexity index is 864. The molecule has 0 unspecified atom stereocenters. The molecule has 4 aliphatic rings. The van der Waals surface area contributed by atoms with Gasteiger partial charge in [0.2, 0.25) is 0 Å². The van der Waals surface area contributed by atoms with E-state index in [-0.39, 0.29) is 0 Å². The predicted molar refractivity (Wildman–Crippen MR) is 105 cm³/mol. The van der Waals surface area contributed by atoms with Crippen LogP contribution in [-0.2, 0) is 0 Å². The minimum absolute atomic E-state index is 0.661. The maximum atomic E-state index is 12.9. The molecule has 0 spiro atoms. The second-order valence-corrected chi connectivity index (χ2v) is 7.20. The number of nitrogens with zero attached hydrogens (tertiary/aromatic N) is 4. The third kappa shape index (κ3) is 2.75. The van der Waals surface area contributed by atoms with E-state index in [2.05, 4.69) is 44.7 Å². The van der Waals surface area contributed by atoms with Gasteiger partial charge in [0.05, 0.1) is 11.9 Å². The number of hydrogen-bond acceptors (Lipinski definition) is 7. The third-order valence-electron chi connectivity index (χ3n) is 5.45. The molecule has 0 radical (unpaired) electrons. The number of fused-ring (bicyclic) bond motifs is 2. The van der Waals surface area contributed by atoms with Crippen molar-refractivity contribution in [1.29, 1.82) is 0 Å². The Morgan fingerprint density at radius 2 is 1.74 bits per heavy atom. The van der Waals surface area contributed by atoms with E-state index in [9.17, 15) is 5.21 Å². The van der Waals surface area contributed by atoms with Gasteiger partial charge in [0.15, 0.2) is 0 Å². The number of benzene rings is 1.